The van der Waals surface area contributed by atoms with E-state index in [4.69, 9.17) is 5.11 Å². The summed E-state index contributed by atoms with van der Waals surface area (Å²) in [7, 11) is 0. The van der Waals surface area contributed by atoms with Gasteiger partial charge >= 0.3 is 5.97 Å². The zero-order valence-electron chi connectivity index (χ0n) is 12.4. The molecule has 2 N–H and O–H groups in total. The van der Waals surface area contributed by atoms with Gasteiger partial charge in [0.05, 0.1) is 0 Å². The van der Waals surface area contributed by atoms with E-state index in [1.807, 2.05) is 19.9 Å². The molecule has 0 aliphatic carbocycles. The molecular formula is C16H22FNO3. The van der Waals surface area contributed by atoms with Crippen LogP contribution >= 0.6 is 0 Å². The van der Waals surface area contributed by atoms with Crippen molar-refractivity contribution in [3.63, 3.8) is 0 Å². The summed E-state index contributed by atoms with van der Waals surface area (Å²) in [5.74, 6) is -1.57. The Morgan fingerprint density at radius 2 is 2.10 bits per heavy atom. The Balaban J connectivity index is 2.48. The minimum absolute atomic E-state index is 0.0165. The van der Waals surface area contributed by atoms with Crippen molar-refractivity contribution in [1.29, 1.82) is 0 Å². The molecule has 0 aliphatic heterocycles. The third-order valence-electron chi connectivity index (χ3n) is 3.22. The van der Waals surface area contributed by atoms with Gasteiger partial charge in [-0.3, -0.25) is 4.79 Å². The van der Waals surface area contributed by atoms with Crippen molar-refractivity contribution in [3.8, 4) is 0 Å². The Morgan fingerprint density at radius 3 is 2.67 bits per heavy atom. The summed E-state index contributed by atoms with van der Waals surface area (Å²) in [6.07, 6.45) is 1.91. The van der Waals surface area contributed by atoms with Crippen LogP contribution in [0, 0.1) is 11.7 Å². The summed E-state index contributed by atoms with van der Waals surface area (Å²) in [4.78, 5) is 22.8. The molecule has 0 aromatic heterocycles. The number of nitrogens with one attached hydrogen (secondary N) is 1. The summed E-state index contributed by atoms with van der Waals surface area (Å²) in [6, 6.07) is 5.45. The molecule has 5 heteroatoms. The Bertz CT molecular complexity index is 490. The molecule has 0 bridgehead atoms. The zero-order chi connectivity index (χ0) is 15.8. The van der Waals surface area contributed by atoms with Crippen LogP contribution < -0.4 is 5.32 Å². The fraction of sp³-hybridized carbons (Fsp3) is 0.500. The number of carbonyl (C=O) groups is 2. The molecule has 0 spiro atoms. The summed E-state index contributed by atoms with van der Waals surface area (Å²) >= 11 is 0. The van der Waals surface area contributed by atoms with Crippen LogP contribution in [0.5, 0.6) is 0 Å². The number of amides is 1. The van der Waals surface area contributed by atoms with E-state index in [1.165, 1.54) is 12.1 Å². The van der Waals surface area contributed by atoms with E-state index < -0.39 is 12.0 Å². The van der Waals surface area contributed by atoms with E-state index in [9.17, 15) is 14.0 Å². The van der Waals surface area contributed by atoms with Crippen LogP contribution in [0.4, 0.5) is 4.39 Å². The topological polar surface area (TPSA) is 66.4 Å². The average molecular weight is 295 g/mol. The molecule has 0 heterocycles. The van der Waals surface area contributed by atoms with Crippen molar-refractivity contribution < 1.29 is 19.1 Å². The van der Waals surface area contributed by atoms with E-state index >= 15 is 0 Å². The lowest BCUT2D eigenvalue weighted by atomic mass is 9.97. The van der Waals surface area contributed by atoms with Gasteiger partial charge in [0.15, 0.2) is 0 Å². The molecule has 4 nitrogen and oxygen atoms in total. The van der Waals surface area contributed by atoms with Crippen molar-refractivity contribution in [2.45, 2.75) is 45.6 Å². The summed E-state index contributed by atoms with van der Waals surface area (Å²) in [6.45, 7) is 3.76. The van der Waals surface area contributed by atoms with Crippen molar-refractivity contribution in [2.75, 3.05) is 0 Å². The zero-order valence-corrected chi connectivity index (χ0v) is 12.4. The SMILES string of the molecule is CCCC(NC(=O)CC(C)Cc1cccc(F)c1)C(=O)O. The minimum Gasteiger partial charge on any atom is -0.480 e. The fourth-order valence-corrected chi connectivity index (χ4v) is 2.25. The number of carboxylic acid groups (broad SMARTS) is 1. The van der Waals surface area contributed by atoms with Crippen molar-refractivity contribution in [1.82, 2.24) is 5.32 Å². The van der Waals surface area contributed by atoms with Gasteiger partial charge in [0.25, 0.3) is 0 Å². The first kappa shape index (κ1) is 17.1. The van der Waals surface area contributed by atoms with Crippen molar-refractivity contribution >= 4 is 11.9 Å². The Hall–Kier alpha value is -1.91. The number of hydrogen-bond acceptors (Lipinski definition) is 2. The summed E-state index contributed by atoms with van der Waals surface area (Å²) in [5, 5.41) is 11.5. The maximum Gasteiger partial charge on any atom is 0.326 e. The molecule has 116 valence electrons. The van der Waals surface area contributed by atoms with Crippen LogP contribution in [0.1, 0.15) is 38.7 Å². The van der Waals surface area contributed by atoms with Gasteiger partial charge in [-0.2, -0.15) is 0 Å². The maximum absolute atomic E-state index is 13.1. The van der Waals surface area contributed by atoms with E-state index in [1.54, 1.807) is 6.07 Å². The molecule has 1 aromatic carbocycles. The number of hydrogen-bond donors (Lipinski definition) is 2. The second kappa shape index (κ2) is 8.39. The first-order valence-corrected chi connectivity index (χ1v) is 7.19. The second-order valence-corrected chi connectivity index (χ2v) is 5.39. The number of benzene rings is 1. The monoisotopic (exact) mass is 295 g/mol. The molecule has 0 saturated heterocycles. The van der Waals surface area contributed by atoms with Gasteiger partial charge in [0, 0.05) is 6.42 Å². The molecule has 21 heavy (non-hydrogen) atoms. The Morgan fingerprint density at radius 1 is 1.38 bits per heavy atom. The van der Waals surface area contributed by atoms with E-state index in [2.05, 4.69) is 5.32 Å². The smallest absolute Gasteiger partial charge is 0.326 e. The summed E-state index contributed by atoms with van der Waals surface area (Å²) < 4.78 is 13.1. The van der Waals surface area contributed by atoms with Gasteiger partial charge in [-0.1, -0.05) is 32.4 Å². The molecular weight excluding hydrogens is 273 g/mol. The third-order valence-corrected chi connectivity index (χ3v) is 3.22. The molecule has 2 atom stereocenters. The van der Waals surface area contributed by atoms with Gasteiger partial charge in [0.2, 0.25) is 5.91 Å². The van der Waals surface area contributed by atoms with Gasteiger partial charge in [-0.15, -0.1) is 0 Å². The van der Waals surface area contributed by atoms with Crippen LogP contribution in [-0.4, -0.2) is 23.0 Å². The van der Waals surface area contributed by atoms with Crippen molar-refractivity contribution in [3.05, 3.63) is 35.6 Å². The molecule has 0 fully saturated rings. The fourth-order valence-electron chi connectivity index (χ4n) is 2.25. The normalized spacial score (nSPS) is 13.5. The van der Waals surface area contributed by atoms with E-state index in [-0.39, 0.29) is 24.1 Å². The highest BCUT2D eigenvalue weighted by atomic mass is 19.1. The predicted octanol–water partition coefficient (Wildman–Crippen LogP) is 2.76. The molecule has 1 aromatic rings. The van der Waals surface area contributed by atoms with Crippen LogP contribution in [0.15, 0.2) is 24.3 Å². The first-order chi connectivity index (χ1) is 9.92. The largest absolute Gasteiger partial charge is 0.480 e. The molecule has 2 unspecified atom stereocenters. The lowest BCUT2D eigenvalue weighted by molar-refractivity contribution is -0.142. The van der Waals surface area contributed by atoms with Gasteiger partial charge in [-0.25, -0.2) is 9.18 Å². The molecule has 1 rings (SSSR count). The number of carboxylic acids is 1. The van der Waals surface area contributed by atoms with Crippen LogP contribution in [0.2, 0.25) is 0 Å². The highest BCUT2D eigenvalue weighted by Crippen LogP contribution is 2.13. The predicted molar refractivity (Wildman–Crippen MR) is 78.4 cm³/mol. The van der Waals surface area contributed by atoms with Gasteiger partial charge in [0.1, 0.15) is 11.9 Å². The van der Waals surface area contributed by atoms with Crippen LogP contribution in [0.25, 0.3) is 0 Å². The Labute approximate surface area is 124 Å². The lowest BCUT2D eigenvalue weighted by Gasteiger charge is -2.16. The molecule has 0 radical (unpaired) electrons. The highest BCUT2D eigenvalue weighted by molar-refractivity contribution is 5.83. The number of rotatable bonds is 8. The molecule has 0 aliphatic rings. The molecule has 0 saturated carbocycles. The van der Waals surface area contributed by atoms with Gasteiger partial charge in [-0.05, 0) is 36.5 Å². The van der Waals surface area contributed by atoms with E-state index in [0.29, 0.717) is 19.3 Å². The lowest BCUT2D eigenvalue weighted by Crippen LogP contribution is -2.41. The first-order valence-electron chi connectivity index (χ1n) is 7.19. The number of carbonyl (C=O) groups excluding carboxylic acids is 1. The maximum atomic E-state index is 13.1. The highest BCUT2D eigenvalue weighted by Gasteiger charge is 2.19. The van der Waals surface area contributed by atoms with Gasteiger partial charge < -0.3 is 10.4 Å². The number of halogens is 1. The third kappa shape index (κ3) is 6.38. The Kier molecular flexibility index (Phi) is 6.85. The number of aliphatic carboxylic acids is 1. The van der Waals surface area contributed by atoms with E-state index in [0.717, 1.165) is 5.56 Å². The molecule has 1 amide bonds. The second-order valence-electron chi connectivity index (χ2n) is 5.39. The quantitative estimate of drug-likeness (QED) is 0.775. The van der Waals surface area contributed by atoms with Crippen LogP contribution in [0.3, 0.4) is 0 Å². The van der Waals surface area contributed by atoms with Crippen molar-refractivity contribution in [2.24, 2.45) is 5.92 Å². The summed E-state index contributed by atoms with van der Waals surface area (Å²) in [5.41, 5.74) is 0.832. The average Bonchev–Trinajstić information content (AvgIpc) is 2.37. The standard InChI is InChI=1S/C16H22FNO3/c1-3-5-14(16(20)21)18-15(19)9-11(2)8-12-6-4-7-13(17)10-12/h4,6-7,10-11,14H,3,5,8-9H2,1-2H3,(H,18,19)(H,20,21). The van der Waals surface area contributed by atoms with Crippen LogP contribution in [-0.2, 0) is 16.0 Å². The minimum atomic E-state index is -1.01.